The van der Waals surface area contributed by atoms with E-state index in [0.29, 0.717) is 26.1 Å². The number of rotatable bonds is 10. The molecule has 1 rings (SSSR count). The molecule has 8 heteroatoms. The van der Waals surface area contributed by atoms with Gasteiger partial charge in [-0.2, -0.15) is 0 Å². The third-order valence-corrected chi connectivity index (χ3v) is 3.77. The monoisotopic (exact) mass is 492 g/mol. The van der Waals surface area contributed by atoms with Gasteiger partial charge in [0.1, 0.15) is 11.5 Å². The number of nitrogens with one attached hydrogen (secondary N) is 2. The van der Waals surface area contributed by atoms with Gasteiger partial charge in [0.25, 0.3) is 0 Å². The predicted octanol–water partition coefficient (Wildman–Crippen LogP) is 2.64. The highest BCUT2D eigenvalue weighted by atomic mass is 127. The molecule has 0 radical (unpaired) electrons. The van der Waals surface area contributed by atoms with E-state index in [2.05, 4.69) is 15.6 Å². The van der Waals surface area contributed by atoms with Crippen LogP contribution in [0.15, 0.2) is 23.2 Å². The van der Waals surface area contributed by atoms with Gasteiger partial charge in [0.15, 0.2) is 5.96 Å². The van der Waals surface area contributed by atoms with Crippen molar-refractivity contribution in [3.63, 3.8) is 0 Å². The normalized spacial score (nSPS) is 10.6. The van der Waals surface area contributed by atoms with Gasteiger partial charge in [-0.25, -0.2) is 0 Å². The molecule has 1 aromatic rings. The number of hydrogen-bond acceptors (Lipinski definition) is 4. The lowest BCUT2D eigenvalue weighted by Gasteiger charge is -2.23. The molecule has 0 fully saturated rings. The molecule has 0 spiro atoms. The Bertz CT molecular complexity index is 596. The van der Waals surface area contributed by atoms with Crippen LogP contribution >= 0.6 is 24.0 Å². The van der Waals surface area contributed by atoms with Crippen LogP contribution in [-0.4, -0.2) is 57.7 Å². The molecule has 1 aromatic carbocycles. The molecule has 7 nitrogen and oxygen atoms in total. The lowest BCUT2D eigenvalue weighted by Crippen LogP contribution is -2.38. The standard InChI is InChI=1S/C19H32N4O3.HI/c1-6-11-21-18(24)10-12-22-19(20-7-2)23(3)14-15-8-9-16(25-4)13-17(15)26-5;/h8-9,13H,6-7,10-12,14H2,1-5H3,(H,20,22)(H,21,24);1H. The molecule has 0 aromatic heterocycles. The van der Waals surface area contributed by atoms with Gasteiger partial charge in [0.2, 0.25) is 5.91 Å². The van der Waals surface area contributed by atoms with E-state index in [1.54, 1.807) is 14.2 Å². The average Bonchev–Trinajstić information content (AvgIpc) is 2.65. The van der Waals surface area contributed by atoms with Gasteiger partial charge < -0.3 is 25.0 Å². The maximum absolute atomic E-state index is 11.7. The van der Waals surface area contributed by atoms with Crippen LogP contribution in [0, 0.1) is 0 Å². The number of benzene rings is 1. The molecule has 0 heterocycles. The Balaban J connectivity index is 0.00000676. The molecule has 0 saturated carbocycles. The fourth-order valence-electron chi connectivity index (χ4n) is 2.40. The minimum absolute atomic E-state index is 0. The molecule has 0 aliphatic heterocycles. The van der Waals surface area contributed by atoms with Crippen molar-refractivity contribution in [2.75, 3.05) is 40.9 Å². The summed E-state index contributed by atoms with van der Waals surface area (Å²) in [5.74, 6) is 2.32. The zero-order valence-electron chi connectivity index (χ0n) is 17.0. The summed E-state index contributed by atoms with van der Waals surface area (Å²) in [6.45, 7) is 6.59. The topological polar surface area (TPSA) is 75.2 Å². The Labute approximate surface area is 179 Å². The van der Waals surface area contributed by atoms with Crippen molar-refractivity contribution in [3.8, 4) is 11.5 Å². The number of hydrogen-bond donors (Lipinski definition) is 2. The Kier molecular flexibility index (Phi) is 13.5. The molecule has 0 unspecified atom stereocenters. The first-order valence-electron chi connectivity index (χ1n) is 9.02. The number of aliphatic imine (C=N–C) groups is 1. The maximum Gasteiger partial charge on any atom is 0.221 e. The molecular formula is C19H33IN4O3. The summed E-state index contributed by atoms with van der Waals surface area (Å²) < 4.78 is 10.7. The number of carbonyl (C=O) groups excluding carboxylic acids is 1. The number of carbonyl (C=O) groups is 1. The highest BCUT2D eigenvalue weighted by Crippen LogP contribution is 2.25. The number of halogens is 1. The first kappa shape index (κ1) is 25.3. The number of amides is 1. The van der Waals surface area contributed by atoms with Crippen LogP contribution in [0.2, 0.25) is 0 Å². The third kappa shape index (κ3) is 9.16. The van der Waals surface area contributed by atoms with E-state index in [1.165, 1.54) is 0 Å². The van der Waals surface area contributed by atoms with Gasteiger partial charge in [-0.1, -0.05) is 6.92 Å². The first-order valence-corrected chi connectivity index (χ1v) is 9.02. The molecule has 27 heavy (non-hydrogen) atoms. The van der Waals surface area contributed by atoms with Gasteiger partial charge in [0, 0.05) is 44.7 Å². The van der Waals surface area contributed by atoms with Crippen LogP contribution in [0.5, 0.6) is 11.5 Å². The fourth-order valence-corrected chi connectivity index (χ4v) is 2.40. The second-order valence-electron chi connectivity index (χ2n) is 5.87. The van der Waals surface area contributed by atoms with Crippen molar-refractivity contribution < 1.29 is 14.3 Å². The molecular weight excluding hydrogens is 459 g/mol. The summed E-state index contributed by atoms with van der Waals surface area (Å²) in [4.78, 5) is 18.3. The predicted molar refractivity (Wildman–Crippen MR) is 120 cm³/mol. The second kappa shape index (κ2) is 14.4. The van der Waals surface area contributed by atoms with Crippen molar-refractivity contribution in [1.29, 1.82) is 0 Å². The van der Waals surface area contributed by atoms with Crippen molar-refractivity contribution in [3.05, 3.63) is 23.8 Å². The minimum atomic E-state index is 0. The van der Waals surface area contributed by atoms with Gasteiger partial charge in [-0.05, 0) is 25.5 Å². The summed E-state index contributed by atoms with van der Waals surface area (Å²) in [5.41, 5.74) is 1.03. The summed E-state index contributed by atoms with van der Waals surface area (Å²) in [6.07, 6.45) is 1.32. The van der Waals surface area contributed by atoms with Crippen molar-refractivity contribution in [2.45, 2.75) is 33.2 Å². The zero-order chi connectivity index (χ0) is 19.4. The van der Waals surface area contributed by atoms with E-state index in [9.17, 15) is 4.79 Å². The number of nitrogens with zero attached hydrogens (tertiary/aromatic N) is 2. The molecule has 2 N–H and O–H groups in total. The van der Waals surface area contributed by atoms with E-state index >= 15 is 0 Å². The Hall–Kier alpha value is -1.71. The van der Waals surface area contributed by atoms with Crippen molar-refractivity contribution in [1.82, 2.24) is 15.5 Å². The summed E-state index contributed by atoms with van der Waals surface area (Å²) in [5, 5.41) is 6.12. The molecule has 154 valence electrons. The first-order chi connectivity index (χ1) is 12.5. The molecule has 0 aliphatic rings. The zero-order valence-corrected chi connectivity index (χ0v) is 19.3. The highest BCUT2D eigenvalue weighted by molar-refractivity contribution is 14.0. The van der Waals surface area contributed by atoms with E-state index < -0.39 is 0 Å². The quantitative estimate of drug-likeness (QED) is 0.299. The second-order valence-corrected chi connectivity index (χ2v) is 5.87. The average molecular weight is 492 g/mol. The fraction of sp³-hybridized carbons (Fsp3) is 0.579. The smallest absolute Gasteiger partial charge is 0.221 e. The molecule has 0 atom stereocenters. The summed E-state index contributed by atoms with van der Waals surface area (Å²) in [7, 11) is 5.24. The van der Waals surface area contributed by atoms with Crippen molar-refractivity contribution in [2.24, 2.45) is 4.99 Å². The SMILES string of the molecule is CCCNC(=O)CCN=C(NCC)N(C)Cc1ccc(OC)cc1OC.I. The largest absolute Gasteiger partial charge is 0.497 e. The lowest BCUT2D eigenvalue weighted by molar-refractivity contribution is -0.120. The Morgan fingerprint density at radius 3 is 2.52 bits per heavy atom. The number of ether oxygens (including phenoxy) is 2. The third-order valence-electron chi connectivity index (χ3n) is 3.77. The van der Waals surface area contributed by atoms with E-state index in [-0.39, 0.29) is 29.9 Å². The maximum atomic E-state index is 11.7. The van der Waals surface area contributed by atoms with E-state index in [1.807, 2.05) is 44.0 Å². The van der Waals surface area contributed by atoms with Crippen molar-refractivity contribution >= 4 is 35.8 Å². The molecule has 1 amide bonds. The van der Waals surface area contributed by atoms with Crippen LogP contribution in [-0.2, 0) is 11.3 Å². The van der Waals surface area contributed by atoms with E-state index in [4.69, 9.17) is 9.47 Å². The number of methoxy groups -OCH3 is 2. The van der Waals surface area contributed by atoms with Gasteiger partial charge in [-0.3, -0.25) is 9.79 Å². The van der Waals surface area contributed by atoms with E-state index in [0.717, 1.165) is 36.0 Å². The highest BCUT2D eigenvalue weighted by Gasteiger charge is 2.11. The van der Waals surface area contributed by atoms with Crippen LogP contribution in [0.4, 0.5) is 0 Å². The summed E-state index contributed by atoms with van der Waals surface area (Å²) in [6, 6.07) is 5.76. The van der Waals surface area contributed by atoms with Crippen LogP contribution in [0.1, 0.15) is 32.3 Å². The molecule has 0 bridgehead atoms. The molecule has 0 saturated heterocycles. The Morgan fingerprint density at radius 1 is 1.19 bits per heavy atom. The minimum Gasteiger partial charge on any atom is -0.497 e. The summed E-state index contributed by atoms with van der Waals surface area (Å²) >= 11 is 0. The van der Waals surface area contributed by atoms with Crippen LogP contribution < -0.4 is 20.1 Å². The van der Waals surface area contributed by atoms with Gasteiger partial charge in [-0.15, -0.1) is 24.0 Å². The lowest BCUT2D eigenvalue weighted by atomic mass is 10.2. The van der Waals surface area contributed by atoms with Crippen LogP contribution in [0.25, 0.3) is 0 Å². The van der Waals surface area contributed by atoms with Gasteiger partial charge in [0.05, 0.1) is 20.8 Å². The van der Waals surface area contributed by atoms with Crippen LogP contribution in [0.3, 0.4) is 0 Å². The van der Waals surface area contributed by atoms with Gasteiger partial charge >= 0.3 is 0 Å². The molecule has 0 aliphatic carbocycles. The number of guanidine groups is 1. The Morgan fingerprint density at radius 2 is 1.93 bits per heavy atom.